The number of benzene rings is 6. The second kappa shape index (κ2) is 12.1. The average molecular weight is 573 g/mol. The van der Waals surface area contributed by atoms with E-state index in [1.54, 1.807) is 0 Å². The molecule has 0 atom stereocenters. The van der Waals surface area contributed by atoms with Crippen molar-refractivity contribution in [2.24, 2.45) is 0 Å². The summed E-state index contributed by atoms with van der Waals surface area (Å²) in [6, 6.07) is 58.6. The minimum Gasteiger partial charge on any atom is -0.310 e. The van der Waals surface area contributed by atoms with Gasteiger partial charge in [0, 0.05) is 45.3 Å². The largest absolute Gasteiger partial charge is 0.310 e. The van der Waals surface area contributed by atoms with Gasteiger partial charge in [-0.3, -0.25) is 0 Å². The Balaban J connectivity index is 1.23. The molecule has 5 heteroatoms. The van der Waals surface area contributed by atoms with Crippen LogP contribution in [0.25, 0.3) is 22.0 Å². The van der Waals surface area contributed by atoms with E-state index in [1.165, 1.54) is 11.5 Å². The third kappa shape index (κ3) is 5.67. The van der Waals surface area contributed by atoms with Crippen molar-refractivity contribution in [1.29, 1.82) is 0 Å². The van der Waals surface area contributed by atoms with Crippen molar-refractivity contribution >= 4 is 45.7 Å². The maximum Gasteiger partial charge on any atom is 0.173 e. The van der Waals surface area contributed by atoms with Crippen LogP contribution in [0.1, 0.15) is 0 Å². The summed E-state index contributed by atoms with van der Waals surface area (Å²) in [5.41, 5.74) is 8.51. The minimum absolute atomic E-state index is 0.719. The molecule has 0 bridgehead atoms. The number of hydrogen-bond donors (Lipinski definition) is 0. The van der Waals surface area contributed by atoms with Crippen LogP contribution in [-0.4, -0.2) is 9.36 Å². The van der Waals surface area contributed by atoms with Gasteiger partial charge in [-0.1, -0.05) is 97.1 Å². The van der Waals surface area contributed by atoms with E-state index in [0.717, 1.165) is 56.1 Å². The number of nitrogens with zero attached hydrogens (tertiary/aromatic N) is 4. The summed E-state index contributed by atoms with van der Waals surface area (Å²) in [4.78, 5) is 9.53. The van der Waals surface area contributed by atoms with Crippen molar-refractivity contribution in [3.8, 4) is 22.0 Å². The summed E-state index contributed by atoms with van der Waals surface area (Å²) in [7, 11) is 0. The molecule has 1 aromatic heterocycles. The van der Waals surface area contributed by atoms with Crippen LogP contribution in [0.4, 0.5) is 34.1 Å². The quantitative estimate of drug-likeness (QED) is 0.181. The molecule has 7 rings (SSSR count). The molecular weight excluding hydrogens is 545 g/mol. The molecule has 0 fully saturated rings. The minimum atomic E-state index is 0.719. The molecule has 4 nitrogen and oxygen atoms in total. The van der Waals surface area contributed by atoms with Gasteiger partial charge in [0.15, 0.2) is 5.82 Å². The first-order valence-electron chi connectivity index (χ1n) is 14.2. The van der Waals surface area contributed by atoms with E-state index in [0.29, 0.717) is 0 Å². The molecule has 0 saturated carbocycles. The van der Waals surface area contributed by atoms with Crippen LogP contribution in [0, 0.1) is 0 Å². The molecule has 1 heterocycles. The van der Waals surface area contributed by atoms with Crippen LogP contribution < -0.4 is 9.80 Å². The Morgan fingerprint density at radius 3 is 1.19 bits per heavy atom. The van der Waals surface area contributed by atoms with Crippen LogP contribution in [0.15, 0.2) is 170 Å². The van der Waals surface area contributed by atoms with Gasteiger partial charge in [0.1, 0.15) is 5.01 Å². The van der Waals surface area contributed by atoms with Crippen LogP contribution in [0.2, 0.25) is 0 Å². The molecule has 206 valence electrons. The topological polar surface area (TPSA) is 32.3 Å². The SMILES string of the molecule is c1ccc(N(c2ccccc2)c2cccc(-c3nsc(-c4cccc(N(c5ccccc5)c5ccccc5)c4)n3)c2)cc1. The maximum absolute atomic E-state index is 5.01. The highest BCUT2D eigenvalue weighted by Gasteiger charge is 2.17. The highest BCUT2D eigenvalue weighted by Crippen LogP contribution is 2.38. The Morgan fingerprint density at radius 1 is 0.372 bits per heavy atom. The van der Waals surface area contributed by atoms with E-state index < -0.39 is 0 Å². The lowest BCUT2D eigenvalue weighted by Gasteiger charge is -2.25. The summed E-state index contributed by atoms with van der Waals surface area (Å²) >= 11 is 1.42. The molecule has 0 aliphatic rings. The third-order valence-corrected chi connectivity index (χ3v) is 7.96. The zero-order valence-corrected chi connectivity index (χ0v) is 24.2. The lowest BCUT2D eigenvalue weighted by atomic mass is 10.1. The number of rotatable bonds is 8. The first-order valence-corrected chi connectivity index (χ1v) is 15.0. The number of anilines is 6. The van der Waals surface area contributed by atoms with E-state index in [9.17, 15) is 0 Å². The van der Waals surface area contributed by atoms with E-state index in [1.807, 2.05) is 24.3 Å². The van der Waals surface area contributed by atoms with Crippen molar-refractivity contribution < 1.29 is 0 Å². The van der Waals surface area contributed by atoms with Crippen LogP contribution in [0.3, 0.4) is 0 Å². The molecule has 43 heavy (non-hydrogen) atoms. The lowest BCUT2D eigenvalue weighted by Crippen LogP contribution is -2.09. The molecule has 6 aromatic carbocycles. The van der Waals surface area contributed by atoms with Crippen molar-refractivity contribution in [1.82, 2.24) is 9.36 Å². The van der Waals surface area contributed by atoms with E-state index in [4.69, 9.17) is 9.36 Å². The Hall–Kier alpha value is -5.52. The van der Waals surface area contributed by atoms with Gasteiger partial charge in [-0.05, 0) is 84.3 Å². The molecule has 0 radical (unpaired) electrons. The predicted octanol–water partition coefficient (Wildman–Crippen LogP) is 10.8. The zero-order valence-electron chi connectivity index (χ0n) is 23.4. The number of hydrogen-bond acceptors (Lipinski definition) is 5. The van der Waals surface area contributed by atoms with Crippen LogP contribution >= 0.6 is 11.5 Å². The second-order valence-electron chi connectivity index (χ2n) is 10.0. The smallest absolute Gasteiger partial charge is 0.173 e. The van der Waals surface area contributed by atoms with Gasteiger partial charge in [-0.25, -0.2) is 4.98 Å². The fourth-order valence-corrected chi connectivity index (χ4v) is 5.90. The molecule has 7 aromatic rings. The average Bonchev–Trinajstić information content (AvgIpc) is 3.58. The molecule has 0 saturated heterocycles. The second-order valence-corrected chi connectivity index (χ2v) is 10.8. The van der Waals surface area contributed by atoms with E-state index >= 15 is 0 Å². The molecule has 0 aliphatic carbocycles. The molecular formula is C38H28N4S. The maximum atomic E-state index is 5.01. The highest BCUT2D eigenvalue weighted by atomic mass is 32.1. The summed E-state index contributed by atoms with van der Waals surface area (Å²) in [5, 5.41) is 0.881. The van der Waals surface area contributed by atoms with Gasteiger partial charge in [-0.15, -0.1) is 0 Å². The van der Waals surface area contributed by atoms with Crippen molar-refractivity contribution in [3.63, 3.8) is 0 Å². The molecule has 0 amide bonds. The standard InChI is InChI=1S/C38H28N4S/c1-5-17-31(18-6-1)41(32-19-7-2-8-20-32)35-25-13-15-29(27-35)37-39-38(43-40-37)30-16-14-26-36(28-30)42(33-21-9-3-10-22-33)34-23-11-4-12-24-34/h1-28H. The normalized spacial score (nSPS) is 10.8. The molecule has 0 spiro atoms. The molecule has 0 N–H and O–H groups in total. The summed E-state index contributed by atoms with van der Waals surface area (Å²) < 4.78 is 4.80. The summed E-state index contributed by atoms with van der Waals surface area (Å²) in [6.45, 7) is 0. The van der Waals surface area contributed by atoms with Crippen LogP contribution in [-0.2, 0) is 0 Å². The van der Waals surface area contributed by atoms with Gasteiger partial charge in [0.25, 0.3) is 0 Å². The molecule has 0 unspecified atom stereocenters. The van der Waals surface area contributed by atoms with Crippen molar-refractivity contribution in [2.45, 2.75) is 0 Å². The van der Waals surface area contributed by atoms with Crippen molar-refractivity contribution in [3.05, 3.63) is 170 Å². The summed E-state index contributed by atoms with van der Waals surface area (Å²) in [6.07, 6.45) is 0. The fraction of sp³-hybridized carbons (Fsp3) is 0. The summed E-state index contributed by atoms with van der Waals surface area (Å²) in [5.74, 6) is 0.719. The van der Waals surface area contributed by atoms with Crippen LogP contribution in [0.5, 0.6) is 0 Å². The predicted molar refractivity (Wildman–Crippen MR) is 180 cm³/mol. The Bertz CT molecular complexity index is 1700. The van der Waals surface area contributed by atoms with Gasteiger partial charge in [0.05, 0.1) is 0 Å². The first kappa shape index (κ1) is 26.4. The molecule has 0 aliphatic heterocycles. The van der Waals surface area contributed by atoms with E-state index in [-0.39, 0.29) is 0 Å². The van der Waals surface area contributed by atoms with Gasteiger partial charge in [-0.2, -0.15) is 4.37 Å². The first-order chi connectivity index (χ1) is 21.3. The number of para-hydroxylation sites is 4. The van der Waals surface area contributed by atoms with Gasteiger partial charge >= 0.3 is 0 Å². The fourth-order valence-electron chi connectivity index (χ4n) is 5.22. The lowest BCUT2D eigenvalue weighted by molar-refractivity contribution is 1.27. The van der Waals surface area contributed by atoms with Crippen molar-refractivity contribution in [2.75, 3.05) is 9.80 Å². The van der Waals surface area contributed by atoms with Gasteiger partial charge < -0.3 is 9.80 Å². The number of aromatic nitrogens is 2. The Labute approximate surface area is 256 Å². The van der Waals surface area contributed by atoms with E-state index in [2.05, 4.69) is 155 Å². The van der Waals surface area contributed by atoms with Gasteiger partial charge in [0.2, 0.25) is 0 Å². The third-order valence-electron chi connectivity index (χ3n) is 7.20. The highest BCUT2D eigenvalue weighted by molar-refractivity contribution is 7.09. The Morgan fingerprint density at radius 2 is 0.744 bits per heavy atom. The Kier molecular flexibility index (Phi) is 7.45. The zero-order chi connectivity index (χ0) is 28.8. The monoisotopic (exact) mass is 572 g/mol.